The van der Waals surface area contributed by atoms with E-state index in [9.17, 15) is 18.0 Å². The van der Waals surface area contributed by atoms with Crippen LogP contribution in [0.2, 0.25) is 0 Å². The Morgan fingerprint density at radius 2 is 1.80 bits per heavy atom. The first kappa shape index (κ1) is 14.6. The number of nitrogens with one attached hydrogen (secondary N) is 1. The third-order valence-corrected chi connectivity index (χ3v) is 3.65. The molecule has 2 rings (SSSR count). The Labute approximate surface area is 121 Å². The predicted octanol–water partition coefficient (Wildman–Crippen LogP) is 4.43. The highest BCUT2D eigenvalue weighted by Gasteiger charge is 2.19. The summed E-state index contributed by atoms with van der Waals surface area (Å²) in [5.74, 6) is -5.35. The van der Waals surface area contributed by atoms with Crippen LogP contribution in [0.4, 0.5) is 18.9 Å². The fourth-order valence-corrected chi connectivity index (χ4v) is 2.00. The van der Waals surface area contributed by atoms with Crippen LogP contribution >= 0.6 is 15.9 Å². The van der Waals surface area contributed by atoms with Crippen LogP contribution in [0.5, 0.6) is 0 Å². The standard InChI is InChI=1S/C14H9BrF3NO/c1-7-9(15)3-2-4-11(7)19-14(20)8-5-6-10(16)13(18)12(8)17/h2-6H,1H3,(H,19,20). The van der Waals surface area contributed by atoms with Gasteiger partial charge < -0.3 is 5.32 Å². The second-order valence-electron chi connectivity index (χ2n) is 4.09. The molecular weight excluding hydrogens is 335 g/mol. The first-order valence-electron chi connectivity index (χ1n) is 5.61. The Kier molecular flexibility index (Phi) is 4.13. The van der Waals surface area contributed by atoms with Crippen LogP contribution in [0.15, 0.2) is 34.8 Å². The lowest BCUT2D eigenvalue weighted by Gasteiger charge is -2.10. The maximum Gasteiger partial charge on any atom is 0.258 e. The smallest absolute Gasteiger partial charge is 0.258 e. The third-order valence-electron chi connectivity index (χ3n) is 2.80. The molecule has 0 saturated heterocycles. The van der Waals surface area contributed by atoms with Crippen molar-refractivity contribution >= 4 is 27.5 Å². The van der Waals surface area contributed by atoms with E-state index in [1.54, 1.807) is 25.1 Å². The summed E-state index contributed by atoms with van der Waals surface area (Å²) in [4.78, 5) is 11.9. The van der Waals surface area contributed by atoms with E-state index in [1.165, 1.54) is 0 Å². The summed E-state index contributed by atoms with van der Waals surface area (Å²) in [6.45, 7) is 1.75. The second-order valence-corrected chi connectivity index (χ2v) is 4.94. The molecule has 2 nitrogen and oxygen atoms in total. The molecule has 0 saturated carbocycles. The summed E-state index contributed by atoms with van der Waals surface area (Å²) in [5.41, 5.74) is 0.639. The van der Waals surface area contributed by atoms with Crippen molar-refractivity contribution < 1.29 is 18.0 Å². The molecule has 0 radical (unpaired) electrons. The zero-order chi connectivity index (χ0) is 14.9. The fourth-order valence-electron chi connectivity index (χ4n) is 1.63. The maximum atomic E-state index is 13.5. The number of hydrogen-bond donors (Lipinski definition) is 1. The summed E-state index contributed by atoms with van der Waals surface area (Å²) in [6.07, 6.45) is 0. The van der Waals surface area contributed by atoms with Gasteiger partial charge in [-0.15, -0.1) is 0 Å². The molecule has 0 bridgehead atoms. The Morgan fingerprint density at radius 1 is 1.10 bits per heavy atom. The van der Waals surface area contributed by atoms with Gasteiger partial charge in [-0.3, -0.25) is 4.79 Å². The summed E-state index contributed by atoms with van der Waals surface area (Å²) in [7, 11) is 0. The average molecular weight is 344 g/mol. The van der Waals surface area contributed by atoms with E-state index in [1.807, 2.05) is 0 Å². The van der Waals surface area contributed by atoms with Gasteiger partial charge in [0.15, 0.2) is 17.5 Å². The van der Waals surface area contributed by atoms with E-state index in [0.717, 1.165) is 16.1 Å². The number of carbonyl (C=O) groups excluding carboxylic acids is 1. The van der Waals surface area contributed by atoms with E-state index in [0.29, 0.717) is 11.8 Å². The molecule has 6 heteroatoms. The molecule has 104 valence electrons. The van der Waals surface area contributed by atoms with Crippen molar-refractivity contribution in [2.45, 2.75) is 6.92 Å². The molecule has 0 spiro atoms. The lowest BCUT2D eigenvalue weighted by molar-refractivity contribution is 0.102. The maximum absolute atomic E-state index is 13.5. The molecule has 0 aliphatic heterocycles. The Morgan fingerprint density at radius 3 is 2.50 bits per heavy atom. The number of amides is 1. The molecule has 0 fully saturated rings. The lowest BCUT2D eigenvalue weighted by atomic mass is 10.1. The molecule has 2 aromatic carbocycles. The number of carbonyl (C=O) groups is 1. The molecule has 1 N–H and O–H groups in total. The fraction of sp³-hybridized carbons (Fsp3) is 0.0714. The summed E-state index contributed by atoms with van der Waals surface area (Å²) in [5, 5.41) is 2.46. The van der Waals surface area contributed by atoms with Crippen molar-refractivity contribution in [3.63, 3.8) is 0 Å². The van der Waals surface area contributed by atoms with Gasteiger partial charge in [-0.25, -0.2) is 13.2 Å². The van der Waals surface area contributed by atoms with Gasteiger partial charge in [-0.1, -0.05) is 22.0 Å². The Hall–Kier alpha value is -1.82. The second kappa shape index (κ2) is 5.66. The number of anilines is 1. The first-order valence-corrected chi connectivity index (χ1v) is 6.41. The van der Waals surface area contributed by atoms with Gasteiger partial charge in [0.2, 0.25) is 0 Å². The quantitative estimate of drug-likeness (QED) is 0.803. The highest BCUT2D eigenvalue weighted by atomic mass is 79.9. The van der Waals surface area contributed by atoms with E-state index < -0.39 is 28.9 Å². The SMILES string of the molecule is Cc1c(Br)cccc1NC(=O)c1ccc(F)c(F)c1F. The summed E-state index contributed by atoms with van der Waals surface area (Å²) < 4.78 is 40.2. The van der Waals surface area contributed by atoms with Gasteiger partial charge in [0.25, 0.3) is 5.91 Å². The molecular formula is C14H9BrF3NO. The lowest BCUT2D eigenvalue weighted by Crippen LogP contribution is -2.16. The van der Waals surface area contributed by atoms with Gasteiger partial charge >= 0.3 is 0 Å². The van der Waals surface area contributed by atoms with E-state index in [2.05, 4.69) is 21.2 Å². The van der Waals surface area contributed by atoms with Crippen LogP contribution in [0.3, 0.4) is 0 Å². The number of benzene rings is 2. The van der Waals surface area contributed by atoms with Crippen molar-refractivity contribution in [3.8, 4) is 0 Å². The van der Waals surface area contributed by atoms with Crippen LogP contribution in [0, 0.1) is 24.4 Å². The van der Waals surface area contributed by atoms with Crippen LogP contribution in [0.1, 0.15) is 15.9 Å². The predicted molar refractivity (Wildman–Crippen MR) is 73.1 cm³/mol. The van der Waals surface area contributed by atoms with Crippen molar-refractivity contribution in [3.05, 3.63) is 63.4 Å². The zero-order valence-electron chi connectivity index (χ0n) is 10.3. The minimum atomic E-state index is -1.66. The highest BCUT2D eigenvalue weighted by Crippen LogP contribution is 2.24. The highest BCUT2D eigenvalue weighted by molar-refractivity contribution is 9.10. The van der Waals surface area contributed by atoms with Crippen LogP contribution in [0.25, 0.3) is 0 Å². The van der Waals surface area contributed by atoms with Crippen molar-refractivity contribution in [2.75, 3.05) is 5.32 Å². The van der Waals surface area contributed by atoms with Crippen LogP contribution in [-0.4, -0.2) is 5.91 Å². The Balaban J connectivity index is 2.34. The van der Waals surface area contributed by atoms with Crippen LogP contribution in [-0.2, 0) is 0 Å². The van der Waals surface area contributed by atoms with Crippen molar-refractivity contribution in [1.82, 2.24) is 0 Å². The average Bonchev–Trinajstić information content (AvgIpc) is 2.41. The summed E-state index contributed by atoms with van der Waals surface area (Å²) >= 11 is 3.29. The minimum absolute atomic E-state index is 0.452. The van der Waals surface area contributed by atoms with Gasteiger partial charge in [-0.05, 0) is 36.8 Å². The molecule has 0 unspecified atom stereocenters. The molecule has 0 heterocycles. The molecule has 1 amide bonds. The molecule has 0 aliphatic carbocycles. The van der Waals surface area contributed by atoms with E-state index >= 15 is 0 Å². The van der Waals surface area contributed by atoms with Gasteiger partial charge in [0, 0.05) is 10.2 Å². The number of halogens is 4. The van der Waals surface area contributed by atoms with Gasteiger partial charge in [0.05, 0.1) is 5.56 Å². The summed E-state index contributed by atoms with van der Waals surface area (Å²) in [6, 6.07) is 6.70. The van der Waals surface area contributed by atoms with Crippen LogP contribution < -0.4 is 5.32 Å². The molecule has 0 aliphatic rings. The molecule has 20 heavy (non-hydrogen) atoms. The number of hydrogen-bond acceptors (Lipinski definition) is 1. The molecule has 0 atom stereocenters. The van der Waals surface area contributed by atoms with Crippen molar-refractivity contribution in [2.24, 2.45) is 0 Å². The molecule has 2 aromatic rings. The van der Waals surface area contributed by atoms with E-state index in [-0.39, 0.29) is 0 Å². The monoisotopic (exact) mass is 343 g/mol. The third kappa shape index (κ3) is 2.70. The zero-order valence-corrected chi connectivity index (χ0v) is 11.9. The van der Waals surface area contributed by atoms with E-state index in [4.69, 9.17) is 0 Å². The Bertz CT molecular complexity index is 688. The first-order chi connectivity index (χ1) is 9.41. The topological polar surface area (TPSA) is 29.1 Å². The van der Waals surface area contributed by atoms with Gasteiger partial charge in [0.1, 0.15) is 0 Å². The minimum Gasteiger partial charge on any atom is -0.322 e. The normalized spacial score (nSPS) is 10.4. The number of rotatable bonds is 2. The molecule has 0 aromatic heterocycles. The largest absolute Gasteiger partial charge is 0.322 e. The van der Waals surface area contributed by atoms with Crippen molar-refractivity contribution in [1.29, 1.82) is 0 Å². The van der Waals surface area contributed by atoms with Gasteiger partial charge in [-0.2, -0.15) is 0 Å².